The van der Waals surface area contributed by atoms with Gasteiger partial charge in [0.2, 0.25) is 5.91 Å². The molecule has 1 heterocycles. The molecule has 22 heavy (non-hydrogen) atoms. The molecule has 0 aromatic heterocycles. The van der Waals surface area contributed by atoms with Crippen LogP contribution in [0.1, 0.15) is 37.7 Å². The number of carbonyl (C=O) groups is 1. The van der Waals surface area contributed by atoms with Crippen molar-refractivity contribution in [1.29, 1.82) is 0 Å². The van der Waals surface area contributed by atoms with E-state index in [0.717, 1.165) is 44.8 Å². The summed E-state index contributed by atoms with van der Waals surface area (Å²) in [7, 11) is 0. The summed E-state index contributed by atoms with van der Waals surface area (Å²) in [5.74, 6) is -0.625. The minimum Gasteiger partial charge on any atom is -0.353 e. The number of nitrogens with zero attached hydrogens (tertiary/aromatic N) is 1. The molecule has 0 bridgehead atoms. The SMILES string of the molecule is O=C(NC1CCN(Cc2cc(F)cc(F)c2)CC1)C1CCC1. The molecule has 3 nitrogen and oxygen atoms in total. The third-order valence-electron chi connectivity index (χ3n) is 4.74. The molecule has 0 unspecified atom stereocenters. The molecular formula is C17H22F2N2O. The van der Waals surface area contributed by atoms with Crippen molar-refractivity contribution in [1.82, 2.24) is 10.2 Å². The van der Waals surface area contributed by atoms with Gasteiger partial charge in [0.05, 0.1) is 0 Å². The first-order chi connectivity index (χ1) is 10.6. The number of piperidine rings is 1. The highest BCUT2D eigenvalue weighted by Crippen LogP contribution is 2.27. The highest BCUT2D eigenvalue weighted by molar-refractivity contribution is 5.79. The molecule has 5 heteroatoms. The molecule has 120 valence electrons. The van der Waals surface area contributed by atoms with Crippen molar-refractivity contribution >= 4 is 5.91 Å². The lowest BCUT2D eigenvalue weighted by molar-refractivity contribution is -0.128. The zero-order chi connectivity index (χ0) is 15.5. The van der Waals surface area contributed by atoms with Crippen LogP contribution in [-0.2, 0) is 11.3 Å². The van der Waals surface area contributed by atoms with Crippen LogP contribution in [0.25, 0.3) is 0 Å². The smallest absolute Gasteiger partial charge is 0.223 e. The summed E-state index contributed by atoms with van der Waals surface area (Å²) in [6.07, 6.45) is 5.01. The first kappa shape index (κ1) is 15.4. The van der Waals surface area contributed by atoms with Crippen LogP contribution < -0.4 is 5.32 Å². The number of carbonyl (C=O) groups excluding carboxylic acids is 1. The van der Waals surface area contributed by atoms with Gasteiger partial charge in [0.15, 0.2) is 0 Å². The Labute approximate surface area is 129 Å². The van der Waals surface area contributed by atoms with Crippen molar-refractivity contribution in [2.75, 3.05) is 13.1 Å². The summed E-state index contributed by atoms with van der Waals surface area (Å²) >= 11 is 0. The molecule has 1 aliphatic carbocycles. The number of nitrogens with one attached hydrogen (secondary N) is 1. The van der Waals surface area contributed by atoms with Gasteiger partial charge in [-0.3, -0.25) is 9.69 Å². The van der Waals surface area contributed by atoms with Crippen LogP contribution in [0.15, 0.2) is 18.2 Å². The quantitative estimate of drug-likeness (QED) is 0.927. The average Bonchev–Trinajstić information content (AvgIpc) is 2.37. The van der Waals surface area contributed by atoms with Crippen molar-refractivity contribution in [2.24, 2.45) is 5.92 Å². The van der Waals surface area contributed by atoms with Gasteiger partial charge in [0, 0.05) is 37.7 Å². The van der Waals surface area contributed by atoms with Gasteiger partial charge in [-0.05, 0) is 43.4 Å². The van der Waals surface area contributed by atoms with Crippen molar-refractivity contribution in [3.8, 4) is 0 Å². The molecule has 1 amide bonds. The van der Waals surface area contributed by atoms with Crippen LogP contribution in [0.3, 0.4) is 0 Å². The number of hydrogen-bond acceptors (Lipinski definition) is 2. The van der Waals surface area contributed by atoms with Crippen LogP contribution >= 0.6 is 0 Å². The Morgan fingerprint density at radius 3 is 2.27 bits per heavy atom. The van der Waals surface area contributed by atoms with Crippen LogP contribution in [0, 0.1) is 17.6 Å². The van der Waals surface area contributed by atoms with E-state index in [1.165, 1.54) is 18.6 Å². The Balaban J connectivity index is 1.46. The lowest BCUT2D eigenvalue weighted by Crippen LogP contribution is -2.47. The largest absolute Gasteiger partial charge is 0.353 e. The van der Waals surface area contributed by atoms with Crippen LogP contribution in [-0.4, -0.2) is 29.9 Å². The Morgan fingerprint density at radius 2 is 1.73 bits per heavy atom. The average molecular weight is 308 g/mol. The Morgan fingerprint density at radius 1 is 1.09 bits per heavy atom. The second-order valence-corrected chi connectivity index (χ2v) is 6.46. The predicted octanol–water partition coefficient (Wildman–Crippen LogP) is 2.85. The van der Waals surface area contributed by atoms with Gasteiger partial charge >= 0.3 is 0 Å². The molecule has 2 aliphatic rings. The lowest BCUT2D eigenvalue weighted by Gasteiger charge is -2.34. The van der Waals surface area contributed by atoms with E-state index in [1.54, 1.807) is 0 Å². The van der Waals surface area contributed by atoms with E-state index in [0.29, 0.717) is 12.1 Å². The molecule has 0 radical (unpaired) electrons. The summed E-state index contributed by atoms with van der Waals surface area (Å²) in [5, 5.41) is 3.14. The molecule has 1 saturated carbocycles. The summed E-state index contributed by atoms with van der Waals surface area (Å²) in [4.78, 5) is 14.1. The molecule has 1 N–H and O–H groups in total. The van der Waals surface area contributed by atoms with Crippen molar-refractivity contribution < 1.29 is 13.6 Å². The second kappa shape index (κ2) is 6.73. The van der Waals surface area contributed by atoms with E-state index in [1.807, 2.05) is 0 Å². The molecule has 1 aliphatic heterocycles. The van der Waals surface area contributed by atoms with Crippen LogP contribution in [0.5, 0.6) is 0 Å². The molecule has 2 fully saturated rings. The van der Waals surface area contributed by atoms with Crippen molar-refractivity contribution in [2.45, 2.75) is 44.7 Å². The number of hydrogen-bond donors (Lipinski definition) is 1. The van der Waals surface area contributed by atoms with Crippen molar-refractivity contribution in [3.05, 3.63) is 35.4 Å². The zero-order valence-electron chi connectivity index (χ0n) is 12.7. The number of halogens is 2. The summed E-state index contributed by atoms with van der Waals surface area (Å²) < 4.78 is 26.4. The van der Waals surface area contributed by atoms with E-state index < -0.39 is 11.6 Å². The van der Waals surface area contributed by atoms with E-state index in [9.17, 15) is 13.6 Å². The fraction of sp³-hybridized carbons (Fsp3) is 0.588. The standard InChI is InChI=1S/C17H22F2N2O/c18-14-8-12(9-15(19)10-14)11-21-6-4-16(5-7-21)20-17(22)13-2-1-3-13/h8-10,13,16H,1-7,11H2,(H,20,22). The molecule has 1 saturated heterocycles. The first-order valence-corrected chi connectivity index (χ1v) is 8.08. The van der Waals surface area contributed by atoms with Gasteiger partial charge in [-0.1, -0.05) is 6.42 Å². The molecule has 3 rings (SSSR count). The highest BCUT2D eigenvalue weighted by atomic mass is 19.1. The van der Waals surface area contributed by atoms with Gasteiger partial charge in [-0.15, -0.1) is 0 Å². The van der Waals surface area contributed by atoms with Crippen LogP contribution in [0.2, 0.25) is 0 Å². The van der Waals surface area contributed by atoms with Gasteiger partial charge in [0.1, 0.15) is 11.6 Å². The number of likely N-dealkylation sites (tertiary alicyclic amines) is 1. The fourth-order valence-corrected chi connectivity index (χ4v) is 3.19. The maximum absolute atomic E-state index is 13.2. The first-order valence-electron chi connectivity index (χ1n) is 8.08. The highest BCUT2D eigenvalue weighted by Gasteiger charge is 2.28. The Kier molecular flexibility index (Phi) is 4.71. The maximum Gasteiger partial charge on any atom is 0.223 e. The van der Waals surface area contributed by atoms with Crippen LogP contribution in [0.4, 0.5) is 8.78 Å². The lowest BCUT2D eigenvalue weighted by atomic mass is 9.84. The van der Waals surface area contributed by atoms with Gasteiger partial charge in [0.25, 0.3) is 0 Å². The number of benzene rings is 1. The number of amides is 1. The normalized spacial score (nSPS) is 20.6. The monoisotopic (exact) mass is 308 g/mol. The van der Waals surface area contributed by atoms with Gasteiger partial charge in [-0.2, -0.15) is 0 Å². The van der Waals surface area contributed by atoms with E-state index in [2.05, 4.69) is 10.2 Å². The minimum absolute atomic E-state index is 0.205. The van der Waals surface area contributed by atoms with E-state index in [4.69, 9.17) is 0 Å². The number of rotatable bonds is 4. The van der Waals surface area contributed by atoms with Crippen molar-refractivity contribution in [3.63, 3.8) is 0 Å². The topological polar surface area (TPSA) is 32.3 Å². The third-order valence-corrected chi connectivity index (χ3v) is 4.74. The fourth-order valence-electron chi connectivity index (χ4n) is 3.19. The molecule has 0 atom stereocenters. The molecule has 1 aromatic carbocycles. The van der Waals surface area contributed by atoms with E-state index >= 15 is 0 Å². The molecule has 0 spiro atoms. The van der Waals surface area contributed by atoms with Gasteiger partial charge in [-0.25, -0.2) is 8.78 Å². The van der Waals surface area contributed by atoms with Gasteiger partial charge < -0.3 is 5.32 Å². The predicted molar refractivity (Wildman–Crippen MR) is 80.1 cm³/mol. The molecular weight excluding hydrogens is 286 g/mol. The Bertz CT molecular complexity index is 517. The molecule has 1 aromatic rings. The zero-order valence-corrected chi connectivity index (χ0v) is 12.7. The maximum atomic E-state index is 13.2. The van der Waals surface area contributed by atoms with E-state index in [-0.39, 0.29) is 17.9 Å². The minimum atomic E-state index is -0.530. The second-order valence-electron chi connectivity index (χ2n) is 6.46. The third kappa shape index (κ3) is 3.83. The summed E-state index contributed by atoms with van der Waals surface area (Å²) in [6.45, 7) is 2.24. The summed E-state index contributed by atoms with van der Waals surface area (Å²) in [5.41, 5.74) is 0.662. The Hall–Kier alpha value is -1.49. The summed E-state index contributed by atoms with van der Waals surface area (Å²) in [6, 6.07) is 3.90.